The van der Waals surface area contributed by atoms with Gasteiger partial charge in [-0.15, -0.1) is 0 Å². The van der Waals surface area contributed by atoms with Crippen LogP contribution in [0.15, 0.2) is 23.7 Å². The fourth-order valence-electron chi connectivity index (χ4n) is 3.06. The van der Waals surface area contributed by atoms with Crippen LogP contribution in [0.1, 0.15) is 25.0 Å². The number of aromatic nitrogens is 4. The fourth-order valence-corrected chi connectivity index (χ4v) is 3.25. The van der Waals surface area contributed by atoms with Crippen molar-refractivity contribution in [1.82, 2.24) is 19.9 Å². The van der Waals surface area contributed by atoms with Crippen molar-refractivity contribution < 1.29 is 0 Å². The van der Waals surface area contributed by atoms with Crippen LogP contribution in [0.2, 0.25) is 5.15 Å². The summed E-state index contributed by atoms with van der Waals surface area (Å²) >= 11 is 6.07. The lowest BCUT2D eigenvalue weighted by Crippen LogP contribution is -2.30. The number of fused-ring (bicyclic) bond motifs is 1. The van der Waals surface area contributed by atoms with Gasteiger partial charge in [-0.05, 0) is 25.3 Å². The molecule has 2 aromatic heterocycles. The van der Waals surface area contributed by atoms with Crippen molar-refractivity contribution >= 4 is 23.5 Å². The van der Waals surface area contributed by atoms with Crippen LogP contribution in [0.3, 0.4) is 0 Å². The van der Waals surface area contributed by atoms with Gasteiger partial charge < -0.3 is 4.90 Å². The van der Waals surface area contributed by atoms with Crippen LogP contribution < -0.4 is 15.6 Å². The van der Waals surface area contributed by atoms with Crippen LogP contribution in [0.5, 0.6) is 0 Å². The summed E-state index contributed by atoms with van der Waals surface area (Å²) in [6, 6.07) is -0.00524. The van der Waals surface area contributed by atoms with Crippen molar-refractivity contribution in [1.29, 1.82) is 0 Å². The number of anilines is 1. The average Bonchev–Trinajstić information content (AvgIpc) is 3.00. The van der Waals surface area contributed by atoms with Gasteiger partial charge in [-0.25, -0.2) is 15.0 Å². The molecule has 1 unspecified atom stereocenters. The summed E-state index contributed by atoms with van der Waals surface area (Å²) in [5.74, 6) is 0.970. The SMILES string of the molecule is Clc1ncnc2c1=CC(Cc1cnc(N3CCCCC3)cn1)N=2. The van der Waals surface area contributed by atoms with Gasteiger partial charge in [0.15, 0.2) is 5.49 Å². The summed E-state index contributed by atoms with van der Waals surface area (Å²) in [4.78, 5) is 24.1. The second kappa shape index (κ2) is 6.20. The average molecular weight is 329 g/mol. The summed E-state index contributed by atoms with van der Waals surface area (Å²) < 4.78 is 0. The summed E-state index contributed by atoms with van der Waals surface area (Å²) in [7, 11) is 0. The normalized spacial score (nSPS) is 19.9. The highest BCUT2D eigenvalue weighted by Crippen LogP contribution is 2.17. The third kappa shape index (κ3) is 3.03. The molecule has 7 heteroatoms. The molecule has 1 atom stereocenters. The Morgan fingerprint density at radius 2 is 1.91 bits per heavy atom. The lowest BCUT2D eigenvalue weighted by molar-refractivity contribution is 0.572. The number of hydrogen-bond acceptors (Lipinski definition) is 6. The molecule has 118 valence electrons. The van der Waals surface area contributed by atoms with Crippen molar-refractivity contribution in [3.8, 4) is 0 Å². The van der Waals surface area contributed by atoms with E-state index >= 15 is 0 Å². The molecule has 0 bridgehead atoms. The second-order valence-corrected chi connectivity index (χ2v) is 6.24. The van der Waals surface area contributed by atoms with Gasteiger partial charge in [0.25, 0.3) is 0 Å². The fraction of sp³-hybridized carbons (Fsp3) is 0.438. The van der Waals surface area contributed by atoms with E-state index in [-0.39, 0.29) is 6.04 Å². The van der Waals surface area contributed by atoms with Gasteiger partial charge >= 0.3 is 0 Å². The Morgan fingerprint density at radius 3 is 2.65 bits per heavy atom. The Bertz CT molecular complexity index is 813. The monoisotopic (exact) mass is 328 g/mol. The minimum atomic E-state index is -0.00524. The standard InChI is InChI=1S/C16H17ClN6/c17-15-13-7-11(22-16(13)21-10-20-15)6-12-8-19-14(9-18-12)23-4-2-1-3-5-23/h7-11H,1-6H2. The van der Waals surface area contributed by atoms with E-state index in [9.17, 15) is 0 Å². The molecule has 4 rings (SSSR count). The lowest BCUT2D eigenvalue weighted by atomic mass is 10.1. The van der Waals surface area contributed by atoms with E-state index in [0.717, 1.165) is 29.8 Å². The van der Waals surface area contributed by atoms with E-state index in [1.807, 2.05) is 18.5 Å². The zero-order chi connectivity index (χ0) is 15.6. The van der Waals surface area contributed by atoms with Gasteiger partial charge in [0.2, 0.25) is 0 Å². The molecule has 2 aliphatic heterocycles. The van der Waals surface area contributed by atoms with Crippen LogP contribution in [-0.2, 0) is 6.42 Å². The molecule has 1 fully saturated rings. The molecule has 6 nitrogen and oxygen atoms in total. The molecule has 0 spiro atoms. The highest BCUT2D eigenvalue weighted by atomic mass is 35.5. The molecular weight excluding hydrogens is 312 g/mol. The van der Waals surface area contributed by atoms with E-state index in [0.29, 0.717) is 17.1 Å². The van der Waals surface area contributed by atoms with E-state index in [1.165, 1.54) is 25.6 Å². The maximum atomic E-state index is 6.07. The quantitative estimate of drug-likeness (QED) is 0.784. The molecule has 2 aromatic rings. The third-order valence-electron chi connectivity index (χ3n) is 4.25. The molecule has 0 amide bonds. The number of halogens is 1. The first-order valence-corrected chi connectivity index (χ1v) is 8.29. The Kier molecular flexibility index (Phi) is 3.91. The van der Waals surface area contributed by atoms with Crippen LogP contribution in [0.4, 0.5) is 5.82 Å². The highest BCUT2D eigenvalue weighted by molar-refractivity contribution is 6.29. The molecule has 0 aliphatic carbocycles. The number of nitrogens with zero attached hydrogens (tertiary/aromatic N) is 6. The van der Waals surface area contributed by atoms with Crippen molar-refractivity contribution in [2.24, 2.45) is 4.99 Å². The molecule has 0 N–H and O–H groups in total. The Balaban J connectivity index is 1.49. The van der Waals surface area contributed by atoms with E-state index in [4.69, 9.17) is 11.6 Å². The topological polar surface area (TPSA) is 67.2 Å². The minimum Gasteiger partial charge on any atom is -0.355 e. The molecule has 0 radical (unpaired) electrons. The van der Waals surface area contributed by atoms with Crippen molar-refractivity contribution in [2.45, 2.75) is 31.7 Å². The number of hydrogen-bond donors (Lipinski definition) is 0. The van der Waals surface area contributed by atoms with Crippen molar-refractivity contribution in [3.63, 3.8) is 0 Å². The van der Waals surface area contributed by atoms with Crippen LogP contribution in [0.25, 0.3) is 6.08 Å². The van der Waals surface area contributed by atoms with Crippen molar-refractivity contribution in [2.75, 3.05) is 18.0 Å². The van der Waals surface area contributed by atoms with Crippen molar-refractivity contribution in [3.05, 3.63) is 40.3 Å². The molecule has 0 aromatic carbocycles. The van der Waals surface area contributed by atoms with Gasteiger partial charge in [-0.3, -0.25) is 9.98 Å². The first-order valence-electron chi connectivity index (χ1n) is 7.92. The maximum Gasteiger partial charge on any atom is 0.159 e. The lowest BCUT2D eigenvalue weighted by Gasteiger charge is -2.27. The van der Waals surface area contributed by atoms with Crippen LogP contribution in [-0.4, -0.2) is 39.1 Å². The first kappa shape index (κ1) is 14.5. The van der Waals surface area contributed by atoms with Gasteiger partial charge in [0.1, 0.15) is 17.3 Å². The van der Waals surface area contributed by atoms with E-state index < -0.39 is 0 Å². The van der Waals surface area contributed by atoms with E-state index in [1.54, 1.807) is 0 Å². The van der Waals surface area contributed by atoms with Crippen LogP contribution >= 0.6 is 11.6 Å². The number of piperidine rings is 1. The molecular formula is C16H17ClN6. The molecule has 4 heterocycles. The summed E-state index contributed by atoms with van der Waals surface area (Å²) in [5, 5.41) is 1.27. The predicted molar refractivity (Wildman–Crippen MR) is 87.9 cm³/mol. The van der Waals surface area contributed by atoms with Crippen LogP contribution in [0, 0.1) is 0 Å². The first-order chi connectivity index (χ1) is 11.3. The molecule has 23 heavy (non-hydrogen) atoms. The van der Waals surface area contributed by atoms with Gasteiger partial charge in [-0.2, -0.15) is 0 Å². The van der Waals surface area contributed by atoms with Gasteiger partial charge in [0, 0.05) is 19.5 Å². The predicted octanol–water partition coefficient (Wildman–Crippen LogP) is 0.935. The van der Waals surface area contributed by atoms with E-state index in [2.05, 4.69) is 29.8 Å². The van der Waals surface area contributed by atoms with Gasteiger partial charge in [0.05, 0.1) is 29.3 Å². The Hall–Kier alpha value is -2.08. The highest BCUT2D eigenvalue weighted by Gasteiger charge is 2.15. The smallest absolute Gasteiger partial charge is 0.159 e. The van der Waals surface area contributed by atoms with Gasteiger partial charge in [-0.1, -0.05) is 11.6 Å². The zero-order valence-corrected chi connectivity index (χ0v) is 13.4. The molecule has 0 saturated carbocycles. The largest absolute Gasteiger partial charge is 0.355 e. The zero-order valence-electron chi connectivity index (χ0n) is 12.7. The molecule has 2 aliphatic rings. The summed E-state index contributed by atoms with van der Waals surface area (Å²) in [5.41, 5.74) is 1.58. The third-order valence-corrected chi connectivity index (χ3v) is 4.55. The molecule has 1 saturated heterocycles. The summed E-state index contributed by atoms with van der Waals surface area (Å²) in [6.07, 6.45) is 11.6. The Morgan fingerprint density at radius 1 is 1.04 bits per heavy atom. The summed E-state index contributed by atoms with van der Waals surface area (Å²) in [6.45, 7) is 2.15. The Labute approximate surface area is 139 Å². The minimum absolute atomic E-state index is 0.00524. The number of rotatable bonds is 3. The second-order valence-electron chi connectivity index (χ2n) is 5.88. The maximum absolute atomic E-state index is 6.07.